The Bertz CT molecular complexity index is 1020. The molecule has 2 aromatic carbocycles. The summed E-state index contributed by atoms with van der Waals surface area (Å²) in [6.07, 6.45) is 3.21. The summed E-state index contributed by atoms with van der Waals surface area (Å²) in [4.78, 5) is 3.71. The summed E-state index contributed by atoms with van der Waals surface area (Å²) in [6, 6.07) is 14.7. The normalized spacial score (nSPS) is 16.1. The van der Waals surface area contributed by atoms with Gasteiger partial charge in [-0.05, 0) is 44.5 Å². The van der Waals surface area contributed by atoms with Crippen molar-refractivity contribution in [2.45, 2.75) is 43.5 Å². The number of hydrogen-bond donors (Lipinski definition) is 0. The standard InChI is InChI=1S/C24H29N3O2S/c1-5-27-16-18(17(2)25-27)15-26-13-12-23(20-8-6-7-9-22(20)29-4)30-24-14-19(28-3)10-11-21(24)26/h6-11,14,16,23H,5,12-13,15H2,1-4H3/t23-/m0/s1. The van der Waals surface area contributed by atoms with Gasteiger partial charge in [-0.25, -0.2) is 0 Å². The van der Waals surface area contributed by atoms with Gasteiger partial charge in [-0.3, -0.25) is 4.68 Å². The number of thioether (sulfide) groups is 1. The number of ether oxygens (including phenoxy) is 2. The Morgan fingerprint density at radius 1 is 1.13 bits per heavy atom. The van der Waals surface area contributed by atoms with Gasteiger partial charge in [-0.15, -0.1) is 11.8 Å². The van der Waals surface area contributed by atoms with E-state index in [4.69, 9.17) is 9.47 Å². The van der Waals surface area contributed by atoms with Crippen molar-refractivity contribution in [2.24, 2.45) is 0 Å². The Balaban J connectivity index is 1.70. The molecule has 1 atom stereocenters. The van der Waals surface area contributed by atoms with Crippen LogP contribution in [0, 0.1) is 6.92 Å². The predicted molar refractivity (Wildman–Crippen MR) is 123 cm³/mol. The van der Waals surface area contributed by atoms with Gasteiger partial charge in [-0.1, -0.05) is 18.2 Å². The number of benzene rings is 2. The summed E-state index contributed by atoms with van der Waals surface area (Å²) in [6.45, 7) is 6.93. The van der Waals surface area contributed by atoms with E-state index in [0.29, 0.717) is 5.25 Å². The molecule has 6 heteroatoms. The van der Waals surface area contributed by atoms with Crippen molar-refractivity contribution in [1.82, 2.24) is 9.78 Å². The number of fused-ring (bicyclic) bond motifs is 1. The van der Waals surface area contributed by atoms with Crippen LogP contribution in [0.25, 0.3) is 0 Å². The van der Waals surface area contributed by atoms with E-state index in [1.165, 1.54) is 21.7 Å². The maximum Gasteiger partial charge on any atom is 0.123 e. The molecule has 30 heavy (non-hydrogen) atoms. The van der Waals surface area contributed by atoms with Gasteiger partial charge in [0.15, 0.2) is 0 Å². The molecule has 0 radical (unpaired) electrons. The summed E-state index contributed by atoms with van der Waals surface area (Å²) >= 11 is 1.90. The molecule has 0 aliphatic carbocycles. The summed E-state index contributed by atoms with van der Waals surface area (Å²) in [5.41, 5.74) is 4.88. The molecule has 0 N–H and O–H groups in total. The van der Waals surface area contributed by atoms with Crippen molar-refractivity contribution in [1.29, 1.82) is 0 Å². The van der Waals surface area contributed by atoms with Crippen LogP contribution in [0.3, 0.4) is 0 Å². The van der Waals surface area contributed by atoms with E-state index >= 15 is 0 Å². The second-order valence-corrected chi connectivity index (χ2v) is 8.73. The molecule has 1 aliphatic heterocycles. The van der Waals surface area contributed by atoms with Crippen LogP contribution in [0.15, 0.2) is 53.6 Å². The molecule has 0 saturated heterocycles. The first kappa shape index (κ1) is 20.7. The van der Waals surface area contributed by atoms with Gasteiger partial charge in [0.1, 0.15) is 11.5 Å². The molecule has 0 saturated carbocycles. The summed E-state index contributed by atoms with van der Waals surface area (Å²) in [5.74, 6) is 1.84. The zero-order valence-corrected chi connectivity index (χ0v) is 18.9. The lowest BCUT2D eigenvalue weighted by atomic mass is 10.1. The number of rotatable bonds is 6. The third-order valence-corrected chi connectivity index (χ3v) is 7.01. The lowest BCUT2D eigenvalue weighted by molar-refractivity contribution is 0.409. The first-order chi connectivity index (χ1) is 14.6. The topological polar surface area (TPSA) is 39.5 Å². The van der Waals surface area contributed by atoms with Crippen molar-refractivity contribution in [3.8, 4) is 11.5 Å². The number of para-hydroxylation sites is 1. The average Bonchev–Trinajstić information content (AvgIpc) is 3.04. The van der Waals surface area contributed by atoms with Crippen molar-refractivity contribution in [2.75, 3.05) is 25.7 Å². The summed E-state index contributed by atoms with van der Waals surface area (Å²) in [5, 5.41) is 4.95. The fourth-order valence-electron chi connectivity index (χ4n) is 3.98. The van der Waals surface area contributed by atoms with Crippen molar-refractivity contribution < 1.29 is 9.47 Å². The quantitative estimate of drug-likeness (QED) is 0.526. The molecular formula is C24H29N3O2S. The Morgan fingerprint density at radius 3 is 2.70 bits per heavy atom. The molecule has 158 valence electrons. The molecule has 0 unspecified atom stereocenters. The molecule has 4 rings (SSSR count). The van der Waals surface area contributed by atoms with E-state index in [9.17, 15) is 0 Å². The maximum atomic E-state index is 5.66. The number of aryl methyl sites for hydroxylation is 2. The first-order valence-corrected chi connectivity index (χ1v) is 11.3. The molecule has 0 spiro atoms. The van der Waals surface area contributed by atoms with Crippen molar-refractivity contribution in [3.05, 3.63) is 65.5 Å². The largest absolute Gasteiger partial charge is 0.497 e. The van der Waals surface area contributed by atoms with Gasteiger partial charge in [0.2, 0.25) is 0 Å². The summed E-state index contributed by atoms with van der Waals surface area (Å²) < 4.78 is 13.2. The lowest BCUT2D eigenvalue weighted by Crippen LogP contribution is -2.24. The molecule has 0 amide bonds. The smallest absolute Gasteiger partial charge is 0.123 e. The molecule has 1 aliphatic rings. The second-order valence-electron chi connectivity index (χ2n) is 7.49. The van der Waals surface area contributed by atoms with E-state index in [1.807, 2.05) is 28.6 Å². The minimum atomic E-state index is 0.316. The van der Waals surface area contributed by atoms with E-state index < -0.39 is 0 Å². The minimum absolute atomic E-state index is 0.316. The Hall–Kier alpha value is -2.60. The first-order valence-electron chi connectivity index (χ1n) is 10.4. The number of anilines is 1. The van der Waals surface area contributed by atoms with Crippen molar-refractivity contribution in [3.63, 3.8) is 0 Å². The number of nitrogens with zero attached hydrogens (tertiary/aromatic N) is 3. The Labute approximate surface area is 183 Å². The average molecular weight is 424 g/mol. The predicted octanol–water partition coefficient (Wildman–Crippen LogP) is 5.47. The van der Waals surface area contributed by atoms with Crippen LogP contribution in [-0.4, -0.2) is 30.5 Å². The highest BCUT2D eigenvalue weighted by molar-refractivity contribution is 7.99. The van der Waals surface area contributed by atoms with Gasteiger partial charge in [-0.2, -0.15) is 5.10 Å². The van der Waals surface area contributed by atoms with Crippen LogP contribution in [0.4, 0.5) is 5.69 Å². The number of aromatic nitrogens is 2. The Morgan fingerprint density at radius 2 is 1.97 bits per heavy atom. The highest BCUT2D eigenvalue weighted by Gasteiger charge is 2.26. The SMILES string of the molecule is CCn1cc(CN2CC[C@@H](c3ccccc3OC)Sc3cc(OC)ccc32)c(C)n1. The lowest BCUT2D eigenvalue weighted by Gasteiger charge is -2.24. The van der Waals surface area contributed by atoms with E-state index in [1.54, 1.807) is 14.2 Å². The zero-order valence-electron chi connectivity index (χ0n) is 18.1. The molecule has 1 aromatic heterocycles. The van der Waals surface area contributed by atoms with Gasteiger partial charge < -0.3 is 14.4 Å². The van der Waals surface area contributed by atoms with Gasteiger partial charge in [0.05, 0.1) is 25.6 Å². The minimum Gasteiger partial charge on any atom is -0.497 e. The van der Waals surface area contributed by atoms with E-state index in [0.717, 1.165) is 43.2 Å². The van der Waals surface area contributed by atoms with Gasteiger partial charge in [0, 0.05) is 47.1 Å². The van der Waals surface area contributed by atoms with Gasteiger partial charge >= 0.3 is 0 Å². The summed E-state index contributed by atoms with van der Waals surface area (Å²) in [7, 11) is 3.47. The number of methoxy groups -OCH3 is 2. The molecular weight excluding hydrogens is 394 g/mol. The highest BCUT2D eigenvalue weighted by Crippen LogP contribution is 2.48. The van der Waals surface area contributed by atoms with Gasteiger partial charge in [0.25, 0.3) is 0 Å². The van der Waals surface area contributed by atoms with Crippen LogP contribution in [0.2, 0.25) is 0 Å². The second kappa shape index (κ2) is 9.04. The van der Waals surface area contributed by atoms with Crippen LogP contribution in [0.1, 0.15) is 35.4 Å². The molecule has 2 heterocycles. The fourth-order valence-corrected chi connectivity index (χ4v) is 5.33. The van der Waals surface area contributed by atoms with E-state index in [2.05, 4.69) is 60.4 Å². The molecule has 5 nitrogen and oxygen atoms in total. The van der Waals surface area contributed by atoms with Crippen LogP contribution >= 0.6 is 11.8 Å². The van der Waals surface area contributed by atoms with Crippen LogP contribution < -0.4 is 14.4 Å². The highest BCUT2D eigenvalue weighted by atomic mass is 32.2. The van der Waals surface area contributed by atoms with E-state index in [-0.39, 0.29) is 0 Å². The maximum absolute atomic E-state index is 5.66. The molecule has 3 aromatic rings. The van der Waals surface area contributed by atoms with Crippen LogP contribution in [-0.2, 0) is 13.1 Å². The third kappa shape index (κ3) is 4.15. The van der Waals surface area contributed by atoms with Crippen LogP contribution in [0.5, 0.6) is 11.5 Å². The van der Waals surface area contributed by atoms with Crippen molar-refractivity contribution >= 4 is 17.4 Å². The number of hydrogen-bond acceptors (Lipinski definition) is 5. The zero-order chi connectivity index (χ0) is 21.1. The third-order valence-electron chi connectivity index (χ3n) is 5.66. The fraction of sp³-hybridized carbons (Fsp3) is 0.375. The Kier molecular flexibility index (Phi) is 6.23. The molecule has 0 fully saturated rings. The monoisotopic (exact) mass is 423 g/mol. The molecule has 0 bridgehead atoms.